The number of rotatable bonds is 3. The minimum Gasteiger partial charge on any atom is -0.287 e. The molecule has 0 N–H and O–H groups in total. The molecule has 0 atom stereocenters. The third kappa shape index (κ3) is 2.84. The normalized spacial score (nSPS) is 11.2. The molecule has 0 aliphatic carbocycles. The minimum absolute atomic E-state index is 0.292. The Bertz CT molecular complexity index is 256. The lowest BCUT2D eigenvalue weighted by Crippen LogP contribution is -2.17. The Hall–Kier alpha value is -0.530. The van der Waals surface area contributed by atoms with E-state index in [0.29, 0.717) is 6.42 Å². The molecule has 0 aliphatic heterocycles. The molecule has 12 heavy (non-hydrogen) atoms. The molecule has 0 aromatic heterocycles. The van der Waals surface area contributed by atoms with Crippen molar-refractivity contribution in [3.8, 4) is 0 Å². The zero-order valence-corrected chi connectivity index (χ0v) is 7.77. The van der Waals surface area contributed by atoms with Crippen molar-refractivity contribution in [1.82, 2.24) is 0 Å². The van der Waals surface area contributed by atoms with Gasteiger partial charge < -0.3 is 0 Å². The van der Waals surface area contributed by atoms with Gasteiger partial charge in [0.15, 0.2) is 4.33 Å². The number of benzene rings is 1. The predicted octanol–water partition coefficient (Wildman–Crippen LogP) is 2.51. The fraction of sp³-hybridized carbons (Fsp3) is 0.222. The van der Waals surface area contributed by atoms with Crippen LogP contribution >= 0.6 is 23.2 Å². The molecule has 0 saturated carbocycles. The summed E-state index contributed by atoms with van der Waals surface area (Å²) in [4.78, 5) is 10.2. The first-order valence-corrected chi connectivity index (χ1v) is 4.21. The average Bonchev–Trinajstić information content (AvgIpc) is 2.06. The van der Waals surface area contributed by atoms with Crippen LogP contribution in [0.1, 0.15) is 5.56 Å². The van der Waals surface area contributed by atoms with Crippen LogP contribution in [0.25, 0.3) is 0 Å². The topological polar surface area (TPSA) is 17.1 Å². The first-order chi connectivity index (χ1) is 5.64. The zero-order valence-electron chi connectivity index (χ0n) is 6.26. The summed E-state index contributed by atoms with van der Waals surface area (Å²) in [5, 5.41) is 0. The fourth-order valence-electron chi connectivity index (χ4n) is 0.888. The summed E-state index contributed by atoms with van der Waals surface area (Å²) in [6, 6.07) is 9.33. The van der Waals surface area contributed by atoms with E-state index in [2.05, 4.69) is 0 Å². The lowest BCUT2D eigenvalue weighted by molar-refractivity contribution is 0.547. The highest BCUT2D eigenvalue weighted by molar-refractivity contribution is 6.55. The van der Waals surface area contributed by atoms with Gasteiger partial charge in [0.25, 0.3) is 0 Å². The maximum Gasteiger partial charge on any atom is 0.237 e. The molecule has 0 heterocycles. The molecule has 63 valence electrons. The van der Waals surface area contributed by atoms with Gasteiger partial charge in [-0.1, -0.05) is 53.5 Å². The smallest absolute Gasteiger partial charge is 0.237 e. The number of carbonyl (C=O) groups excluding carboxylic acids is 1. The predicted molar refractivity (Wildman–Crippen MR) is 50.3 cm³/mol. The maximum atomic E-state index is 10.2. The Morgan fingerprint density at radius 3 is 2.33 bits per heavy atom. The summed E-state index contributed by atoms with van der Waals surface area (Å²) < 4.78 is -1.42. The largest absolute Gasteiger partial charge is 0.287 e. The number of hydrogen-bond acceptors (Lipinski definition) is 1. The summed E-state index contributed by atoms with van der Waals surface area (Å²) >= 11 is 11.2. The molecule has 0 amide bonds. The standard InChI is InChI=1S/C9H7Cl2O/c10-9(11,7-12)6-8-4-2-1-3-5-8/h1-5H,6H2. The molecule has 0 aliphatic rings. The molecule has 0 saturated heterocycles. The maximum absolute atomic E-state index is 10.2. The van der Waals surface area contributed by atoms with Crippen LogP contribution in [0.2, 0.25) is 0 Å². The molecule has 1 rings (SSSR count). The van der Waals surface area contributed by atoms with Crippen LogP contribution in [0, 0.1) is 0 Å². The number of alkyl halides is 2. The van der Waals surface area contributed by atoms with Crippen LogP contribution in [0.15, 0.2) is 30.3 Å². The Balaban J connectivity index is 2.70. The van der Waals surface area contributed by atoms with Crippen molar-refractivity contribution in [3.05, 3.63) is 35.9 Å². The van der Waals surface area contributed by atoms with Crippen LogP contribution in [0.5, 0.6) is 0 Å². The number of halogens is 2. The fourth-order valence-corrected chi connectivity index (χ4v) is 1.20. The quantitative estimate of drug-likeness (QED) is 0.688. The molecule has 1 radical (unpaired) electrons. The van der Waals surface area contributed by atoms with Gasteiger partial charge in [-0.25, -0.2) is 0 Å². The Morgan fingerprint density at radius 2 is 1.83 bits per heavy atom. The molecule has 0 bridgehead atoms. The van der Waals surface area contributed by atoms with Gasteiger partial charge in [-0.3, -0.25) is 4.79 Å². The van der Waals surface area contributed by atoms with Gasteiger partial charge in [0, 0.05) is 6.42 Å². The van der Waals surface area contributed by atoms with Crippen LogP contribution in [-0.4, -0.2) is 10.6 Å². The van der Waals surface area contributed by atoms with E-state index >= 15 is 0 Å². The van der Waals surface area contributed by atoms with E-state index in [-0.39, 0.29) is 0 Å². The second-order valence-corrected chi connectivity index (χ2v) is 3.95. The van der Waals surface area contributed by atoms with Crippen LogP contribution in [0.3, 0.4) is 0 Å². The van der Waals surface area contributed by atoms with Crippen LogP contribution in [-0.2, 0) is 11.2 Å². The Kier molecular flexibility index (Phi) is 3.12. The van der Waals surface area contributed by atoms with E-state index in [1.54, 1.807) is 6.29 Å². The van der Waals surface area contributed by atoms with Crippen molar-refractivity contribution in [2.45, 2.75) is 10.8 Å². The number of hydrogen-bond donors (Lipinski definition) is 0. The first kappa shape index (κ1) is 9.56. The average molecular weight is 202 g/mol. The molecular formula is C9H7Cl2O. The van der Waals surface area contributed by atoms with Gasteiger partial charge in [-0.05, 0) is 5.56 Å². The van der Waals surface area contributed by atoms with Crippen molar-refractivity contribution in [2.24, 2.45) is 0 Å². The lowest BCUT2D eigenvalue weighted by Gasteiger charge is -2.09. The Labute approximate surface area is 81.3 Å². The summed E-state index contributed by atoms with van der Waals surface area (Å²) in [6.07, 6.45) is 1.86. The van der Waals surface area contributed by atoms with Gasteiger partial charge in [0.1, 0.15) is 0 Å². The molecule has 1 nitrogen and oxygen atoms in total. The second-order valence-electron chi connectivity index (χ2n) is 2.47. The highest BCUT2D eigenvalue weighted by Gasteiger charge is 2.24. The third-order valence-corrected chi connectivity index (χ3v) is 1.84. The first-order valence-electron chi connectivity index (χ1n) is 3.45. The zero-order chi connectivity index (χ0) is 9.03. The second kappa shape index (κ2) is 3.92. The highest BCUT2D eigenvalue weighted by atomic mass is 35.5. The van der Waals surface area contributed by atoms with Gasteiger partial charge in [-0.2, -0.15) is 0 Å². The third-order valence-electron chi connectivity index (χ3n) is 1.42. The van der Waals surface area contributed by atoms with Gasteiger partial charge >= 0.3 is 0 Å². The van der Waals surface area contributed by atoms with E-state index < -0.39 is 4.33 Å². The van der Waals surface area contributed by atoms with E-state index in [9.17, 15) is 4.79 Å². The van der Waals surface area contributed by atoms with Crippen molar-refractivity contribution in [2.75, 3.05) is 0 Å². The molecule has 1 aromatic carbocycles. The van der Waals surface area contributed by atoms with Gasteiger partial charge in [0.2, 0.25) is 6.29 Å². The van der Waals surface area contributed by atoms with Gasteiger partial charge in [0.05, 0.1) is 0 Å². The van der Waals surface area contributed by atoms with Crippen molar-refractivity contribution >= 4 is 29.5 Å². The molecular weight excluding hydrogens is 195 g/mol. The van der Waals surface area contributed by atoms with E-state index in [4.69, 9.17) is 23.2 Å². The SMILES string of the molecule is O=[C]C(Cl)(Cl)Cc1ccccc1. The van der Waals surface area contributed by atoms with Crippen LogP contribution in [0.4, 0.5) is 0 Å². The van der Waals surface area contributed by atoms with Crippen molar-refractivity contribution in [3.63, 3.8) is 0 Å². The summed E-state index contributed by atoms with van der Waals surface area (Å²) in [6.45, 7) is 0. The van der Waals surface area contributed by atoms with Crippen LogP contribution < -0.4 is 0 Å². The van der Waals surface area contributed by atoms with E-state index in [1.807, 2.05) is 30.3 Å². The molecule has 0 fully saturated rings. The van der Waals surface area contributed by atoms with E-state index in [1.165, 1.54) is 0 Å². The highest BCUT2D eigenvalue weighted by Crippen LogP contribution is 2.23. The van der Waals surface area contributed by atoms with E-state index in [0.717, 1.165) is 5.56 Å². The monoisotopic (exact) mass is 201 g/mol. The molecule has 3 heteroatoms. The van der Waals surface area contributed by atoms with Crippen molar-refractivity contribution < 1.29 is 4.79 Å². The summed E-state index contributed by atoms with van der Waals surface area (Å²) in [5.41, 5.74) is 0.922. The lowest BCUT2D eigenvalue weighted by atomic mass is 10.1. The Morgan fingerprint density at radius 1 is 1.25 bits per heavy atom. The van der Waals surface area contributed by atoms with Gasteiger partial charge in [-0.15, -0.1) is 0 Å². The van der Waals surface area contributed by atoms with Crippen molar-refractivity contribution in [1.29, 1.82) is 0 Å². The molecule has 1 aromatic rings. The molecule has 0 spiro atoms. The summed E-state index contributed by atoms with van der Waals surface area (Å²) in [7, 11) is 0. The summed E-state index contributed by atoms with van der Waals surface area (Å²) in [5.74, 6) is 0. The minimum atomic E-state index is -1.42. The molecule has 0 unspecified atom stereocenters.